The summed E-state index contributed by atoms with van der Waals surface area (Å²) in [7, 11) is 0. The minimum absolute atomic E-state index is 0.111. The number of anilines is 1. The average Bonchev–Trinajstić information content (AvgIpc) is 2.84. The standard InChI is InChI=1S/C15H10F3NS/c16-15(17,18)12-6-11(7-13(19)8-12)9-1-2-14-10(5-9)3-4-20-14/h1-8H,19H2. The summed E-state index contributed by atoms with van der Waals surface area (Å²) in [5.41, 5.74) is 6.18. The van der Waals surface area contributed by atoms with Crippen LogP contribution in [0.15, 0.2) is 47.8 Å². The molecule has 0 unspecified atom stereocenters. The fraction of sp³-hybridized carbons (Fsp3) is 0.0667. The molecule has 0 aliphatic rings. The van der Waals surface area contributed by atoms with Gasteiger partial charge in [0, 0.05) is 10.4 Å². The van der Waals surface area contributed by atoms with Gasteiger partial charge in [0.1, 0.15) is 0 Å². The highest BCUT2D eigenvalue weighted by Gasteiger charge is 2.31. The van der Waals surface area contributed by atoms with Gasteiger partial charge in [-0.1, -0.05) is 6.07 Å². The largest absolute Gasteiger partial charge is 0.416 e. The van der Waals surface area contributed by atoms with Crippen molar-refractivity contribution in [3.8, 4) is 11.1 Å². The molecule has 0 saturated carbocycles. The van der Waals surface area contributed by atoms with E-state index < -0.39 is 11.7 Å². The predicted octanol–water partition coefficient (Wildman–Crippen LogP) is 5.17. The van der Waals surface area contributed by atoms with Crippen LogP contribution in [-0.2, 0) is 6.18 Å². The molecule has 0 aliphatic heterocycles. The van der Waals surface area contributed by atoms with Crippen molar-refractivity contribution in [2.45, 2.75) is 6.18 Å². The molecule has 3 rings (SSSR count). The van der Waals surface area contributed by atoms with E-state index >= 15 is 0 Å². The summed E-state index contributed by atoms with van der Waals surface area (Å²) in [6.07, 6.45) is -4.39. The van der Waals surface area contributed by atoms with Gasteiger partial charge in [-0.05, 0) is 58.3 Å². The Hall–Kier alpha value is -2.01. The fourth-order valence-electron chi connectivity index (χ4n) is 2.13. The third-order valence-corrected chi connectivity index (χ3v) is 3.97. The van der Waals surface area contributed by atoms with Crippen molar-refractivity contribution >= 4 is 27.1 Å². The number of fused-ring (bicyclic) bond motifs is 1. The quantitative estimate of drug-likeness (QED) is 0.615. The van der Waals surface area contributed by atoms with Crippen molar-refractivity contribution < 1.29 is 13.2 Å². The second-order valence-electron chi connectivity index (χ2n) is 4.51. The molecule has 0 aliphatic carbocycles. The highest BCUT2D eigenvalue weighted by Crippen LogP contribution is 2.35. The summed E-state index contributed by atoms with van der Waals surface area (Å²) < 4.78 is 39.5. The zero-order chi connectivity index (χ0) is 14.3. The van der Waals surface area contributed by atoms with Crippen LogP contribution in [0.2, 0.25) is 0 Å². The van der Waals surface area contributed by atoms with Gasteiger partial charge in [-0.2, -0.15) is 13.2 Å². The molecule has 0 amide bonds. The van der Waals surface area contributed by atoms with Crippen molar-refractivity contribution in [3.05, 3.63) is 53.4 Å². The number of hydrogen-bond donors (Lipinski definition) is 1. The van der Waals surface area contributed by atoms with Crippen LogP contribution in [0.5, 0.6) is 0 Å². The Labute approximate surface area is 117 Å². The number of nitrogens with two attached hydrogens (primary N) is 1. The first-order valence-corrected chi connectivity index (χ1v) is 6.77. The monoisotopic (exact) mass is 293 g/mol. The van der Waals surface area contributed by atoms with E-state index in [2.05, 4.69) is 0 Å². The van der Waals surface area contributed by atoms with Crippen molar-refractivity contribution in [2.75, 3.05) is 5.73 Å². The maximum atomic E-state index is 12.8. The number of halogens is 3. The Morgan fingerprint density at radius 1 is 0.900 bits per heavy atom. The highest BCUT2D eigenvalue weighted by atomic mass is 32.1. The number of hydrogen-bond acceptors (Lipinski definition) is 2. The maximum absolute atomic E-state index is 12.8. The SMILES string of the molecule is Nc1cc(-c2ccc3sccc3c2)cc(C(F)(F)F)c1. The van der Waals surface area contributed by atoms with E-state index in [9.17, 15) is 13.2 Å². The van der Waals surface area contributed by atoms with Gasteiger partial charge in [0.25, 0.3) is 0 Å². The molecule has 5 heteroatoms. The summed E-state index contributed by atoms with van der Waals surface area (Å²) in [4.78, 5) is 0. The summed E-state index contributed by atoms with van der Waals surface area (Å²) in [5.74, 6) is 0. The molecule has 1 nitrogen and oxygen atoms in total. The molecular formula is C15H10F3NS. The first kappa shape index (κ1) is 13.0. The number of benzene rings is 2. The minimum atomic E-state index is -4.39. The Morgan fingerprint density at radius 2 is 1.70 bits per heavy atom. The first-order chi connectivity index (χ1) is 9.43. The van der Waals surface area contributed by atoms with Gasteiger partial charge in [-0.3, -0.25) is 0 Å². The lowest BCUT2D eigenvalue weighted by atomic mass is 10.0. The second-order valence-corrected chi connectivity index (χ2v) is 5.46. The molecule has 0 spiro atoms. The Bertz CT molecular complexity index is 774. The van der Waals surface area contributed by atoms with Crippen molar-refractivity contribution in [1.29, 1.82) is 0 Å². The number of rotatable bonds is 1. The van der Waals surface area contributed by atoms with Crippen LogP contribution in [0.3, 0.4) is 0 Å². The van der Waals surface area contributed by atoms with E-state index in [1.807, 2.05) is 29.6 Å². The van der Waals surface area contributed by atoms with Crippen molar-refractivity contribution in [3.63, 3.8) is 0 Å². The number of nitrogen functional groups attached to an aromatic ring is 1. The van der Waals surface area contributed by atoms with Crippen LogP contribution in [0, 0.1) is 0 Å². The lowest BCUT2D eigenvalue weighted by molar-refractivity contribution is -0.137. The summed E-state index contributed by atoms with van der Waals surface area (Å²) in [5, 5.41) is 2.97. The highest BCUT2D eigenvalue weighted by molar-refractivity contribution is 7.17. The van der Waals surface area contributed by atoms with E-state index in [1.165, 1.54) is 0 Å². The molecule has 1 aromatic heterocycles. The number of alkyl halides is 3. The molecule has 1 heterocycles. The molecule has 20 heavy (non-hydrogen) atoms. The van der Waals surface area contributed by atoms with Gasteiger partial charge in [-0.15, -0.1) is 11.3 Å². The smallest absolute Gasteiger partial charge is 0.399 e. The van der Waals surface area contributed by atoms with Crippen LogP contribution in [-0.4, -0.2) is 0 Å². The fourth-order valence-corrected chi connectivity index (χ4v) is 2.90. The zero-order valence-corrected chi connectivity index (χ0v) is 11.1. The predicted molar refractivity (Wildman–Crippen MR) is 76.7 cm³/mol. The average molecular weight is 293 g/mol. The molecule has 3 aromatic rings. The van der Waals surface area contributed by atoms with Crippen molar-refractivity contribution in [2.24, 2.45) is 0 Å². The van der Waals surface area contributed by atoms with Crippen LogP contribution in [0.1, 0.15) is 5.56 Å². The molecule has 2 N–H and O–H groups in total. The molecule has 0 radical (unpaired) electrons. The molecule has 0 saturated heterocycles. The van der Waals surface area contributed by atoms with E-state index in [4.69, 9.17) is 5.73 Å². The normalized spacial score (nSPS) is 11.9. The minimum Gasteiger partial charge on any atom is -0.399 e. The molecule has 0 atom stereocenters. The zero-order valence-electron chi connectivity index (χ0n) is 10.2. The maximum Gasteiger partial charge on any atom is 0.416 e. The Balaban J connectivity index is 2.15. The second kappa shape index (κ2) is 4.52. The molecule has 0 bridgehead atoms. The topological polar surface area (TPSA) is 26.0 Å². The lowest BCUT2D eigenvalue weighted by Gasteiger charge is -2.11. The van der Waals surface area contributed by atoms with E-state index in [-0.39, 0.29) is 5.69 Å². The van der Waals surface area contributed by atoms with Crippen LogP contribution >= 0.6 is 11.3 Å². The third kappa shape index (κ3) is 2.36. The van der Waals surface area contributed by atoms with Crippen LogP contribution in [0.4, 0.5) is 18.9 Å². The van der Waals surface area contributed by atoms with Crippen molar-refractivity contribution in [1.82, 2.24) is 0 Å². The van der Waals surface area contributed by atoms with E-state index in [0.29, 0.717) is 5.56 Å². The van der Waals surface area contributed by atoms with Gasteiger partial charge < -0.3 is 5.73 Å². The van der Waals surface area contributed by atoms with Gasteiger partial charge in [0.15, 0.2) is 0 Å². The van der Waals surface area contributed by atoms with Gasteiger partial charge in [0.2, 0.25) is 0 Å². The molecule has 102 valence electrons. The molecular weight excluding hydrogens is 283 g/mol. The summed E-state index contributed by atoms with van der Waals surface area (Å²) in [6.45, 7) is 0. The van der Waals surface area contributed by atoms with Gasteiger partial charge >= 0.3 is 6.18 Å². The number of thiophene rings is 1. The van der Waals surface area contributed by atoms with Crippen LogP contribution in [0.25, 0.3) is 21.2 Å². The van der Waals surface area contributed by atoms with E-state index in [0.717, 1.165) is 27.8 Å². The third-order valence-electron chi connectivity index (χ3n) is 3.07. The lowest BCUT2D eigenvalue weighted by Crippen LogP contribution is -2.06. The van der Waals surface area contributed by atoms with Gasteiger partial charge in [-0.25, -0.2) is 0 Å². The van der Waals surface area contributed by atoms with E-state index in [1.54, 1.807) is 17.4 Å². The first-order valence-electron chi connectivity index (χ1n) is 5.89. The van der Waals surface area contributed by atoms with Gasteiger partial charge in [0.05, 0.1) is 5.56 Å². The summed E-state index contributed by atoms with van der Waals surface area (Å²) in [6, 6.07) is 11.2. The molecule has 0 fully saturated rings. The molecule has 2 aromatic carbocycles. The summed E-state index contributed by atoms with van der Waals surface area (Å²) >= 11 is 1.60. The Kier molecular flexibility index (Phi) is 2.94. The van der Waals surface area contributed by atoms with Crippen LogP contribution < -0.4 is 5.73 Å². The Morgan fingerprint density at radius 3 is 2.45 bits per heavy atom.